The van der Waals surface area contributed by atoms with Gasteiger partial charge < -0.3 is 15.0 Å². The highest BCUT2D eigenvalue weighted by Gasteiger charge is 2.22. The van der Waals surface area contributed by atoms with E-state index in [1.807, 2.05) is 0 Å². The van der Waals surface area contributed by atoms with Crippen molar-refractivity contribution in [2.24, 2.45) is 0 Å². The summed E-state index contributed by atoms with van der Waals surface area (Å²) in [7, 11) is 1.31. The van der Waals surface area contributed by atoms with Gasteiger partial charge in [-0.3, -0.25) is 4.79 Å². The number of carbonyl (C=O) groups excluding carboxylic acids is 2. The summed E-state index contributed by atoms with van der Waals surface area (Å²) in [6, 6.07) is 5.22. The van der Waals surface area contributed by atoms with E-state index in [1.54, 1.807) is 38.2 Å². The largest absolute Gasteiger partial charge is 0.465 e. The van der Waals surface area contributed by atoms with Gasteiger partial charge >= 0.3 is 5.97 Å². The van der Waals surface area contributed by atoms with Gasteiger partial charge in [-0.25, -0.2) is 9.78 Å². The minimum atomic E-state index is -0.465. The third-order valence-electron chi connectivity index (χ3n) is 2.96. The van der Waals surface area contributed by atoms with Gasteiger partial charge in [0.05, 0.1) is 12.7 Å². The number of rotatable bonds is 3. The van der Waals surface area contributed by atoms with E-state index >= 15 is 0 Å². The molecular weight excluding hydrogens is 258 g/mol. The summed E-state index contributed by atoms with van der Waals surface area (Å²) in [5, 5.41) is 2.66. The van der Waals surface area contributed by atoms with Crippen molar-refractivity contribution < 1.29 is 14.3 Å². The third-order valence-corrected chi connectivity index (χ3v) is 2.96. The Bertz CT molecular complexity index is 647. The molecule has 104 valence electrons. The number of aromatic nitrogens is 2. The number of carbonyl (C=O) groups is 2. The quantitative estimate of drug-likeness (QED) is 0.838. The molecule has 0 spiro atoms. The molecule has 0 fully saturated rings. The van der Waals surface area contributed by atoms with E-state index in [2.05, 4.69) is 15.3 Å². The minimum Gasteiger partial charge on any atom is -0.465 e. The lowest BCUT2D eigenvalue weighted by atomic mass is 10.1. The SMILES string of the molecule is COC(=O)c1c(C)[nH]c(C(=O)Nc2ccccn2)c1C. The predicted octanol–water partition coefficient (Wildman–Crippen LogP) is 2.07. The zero-order valence-corrected chi connectivity index (χ0v) is 11.5. The zero-order chi connectivity index (χ0) is 14.7. The number of aromatic amines is 1. The standard InChI is InChI=1S/C14H15N3O3/c1-8-11(14(19)20-3)9(2)16-12(8)13(18)17-10-6-4-5-7-15-10/h4-7,16H,1-3H3,(H,15,17,18). The van der Waals surface area contributed by atoms with Crippen molar-refractivity contribution in [1.29, 1.82) is 0 Å². The number of H-pyrrole nitrogens is 1. The molecule has 2 heterocycles. The second kappa shape index (κ2) is 5.56. The van der Waals surface area contributed by atoms with Gasteiger partial charge in [0.25, 0.3) is 5.91 Å². The Labute approximate surface area is 116 Å². The molecule has 0 saturated heterocycles. The topological polar surface area (TPSA) is 84.1 Å². The van der Waals surface area contributed by atoms with E-state index in [0.29, 0.717) is 28.3 Å². The summed E-state index contributed by atoms with van der Waals surface area (Å²) in [6.45, 7) is 3.42. The number of hydrogen-bond donors (Lipinski definition) is 2. The zero-order valence-electron chi connectivity index (χ0n) is 11.5. The number of nitrogens with one attached hydrogen (secondary N) is 2. The predicted molar refractivity (Wildman–Crippen MR) is 73.8 cm³/mol. The van der Waals surface area contributed by atoms with Crippen LogP contribution in [0, 0.1) is 13.8 Å². The Morgan fingerprint density at radius 2 is 2.05 bits per heavy atom. The van der Waals surface area contributed by atoms with Crippen LogP contribution in [0.4, 0.5) is 5.82 Å². The Morgan fingerprint density at radius 3 is 2.65 bits per heavy atom. The van der Waals surface area contributed by atoms with E-state index < -0.39 is 5.97 Å². The van der Waals surface area contributed by atoms with Crippen molar-refractivity contribution in [3.8, 4) is 0 Å². The van der Waals surface area contributed by atoms with Crippen LogP contribution in [0.5, 0.6) is 0 Å². The maximum absolute atomic E-state index is 12.2. The second-order valence-corrected chi connectivity index (χ2v) is 4.29. The van der Waals surface area contributed by atoms with Crippen LogP contribution in [-0.2, 0) is 4.74 Å². The van der Waals surface area contributed by atoms with Crippen molar-refractivity contribution in [3.63, 3.8) is 0 Å². The number of amides is 1. The molecule has 6 nitrogen and oxygen atoms in total. The molecular formula is C14H15N3O3. The van der Waals surface area contributed by atoms with Crippen molar-refractivity contribution in [2.75, 3.05) is 12.4 Å². The number of esters is 1. The number of pyridine rings is 1. The van der Waals surface area contributed by atoms with Crippen LogP contribution in [0.25, 0.3) is 0 Å². The van der Waals surface area contributed by atoms with Crippen LogP contribution in [0.15, 0.2) is 24.4 Å². The van der Waals surface area contributed by atoms with Crippen LogP contribution < -0.4 is 5.32 Å². The first-order chi connectivity index (χ1) is 9.54. The molecule has 0 aliphatic heterocycles. The first-order valence-electron chi connectivity index (χ1n) is 6.04. The first-order valence-corrected chi connectivity index (χ1v) is 6.04. The normalized spacial score (nSPS) is 10.2. The van der Waals surface area contributed by atoms with Gasteiger partial charge in [-0.05, 0) is 31.5 Å². The average molecular weight is 273 g/mol. The minimum absolute atomic E-state index is 0.327. The van der Waals surface area contributed by atoms with Crippen molar-refractivity contribution in [3.05, 3.63) is 46.9 Å². The molecule has 0 aliphatic rings. The number of nitrogens with zero attached hydrogens (tertiary/aromatic N) is 1. The molecule has 2 aromatic heterocycles. The highest BCUT2D eigenvalue weighted by atomic mass is 16.5. The average Bonchev–Trinajstić information content (AvgIpc) is 2.74. The van der Waals surface area contributed by atoms with Gasteiger partial charge in [-0.1, -0.05) is 6.07 Å². The molecule has 2 N–H and O–H groups in total. The van der Waals surface area contributed by atoms with Crippen LogP contribution in [-0.4, -0.2) is 29.0 Å². The fourth-order valence-electron chi connectivity index (χ4n) is 2.00. The molecule has 2 rings (SSSR count). The van der Waals surface area contributed by atoms with Gasteiger partial charge in [-0.15, -0.1) is 0 Å². The summed E-state index contributed by atoms with van der Waals surface area (Å²) in [4.78, 5) is 30.8. The van der Waals surface area contributed by atoms with Crippen LogP contribution in [0.1, 0.15) is 32.1 Å². The number of hydrogen-bond acceptors (Lipinski definition) is 4. The van der Waals surface area contributed by atoms with Crippen molar-refractivity contribution >= 4 is 17.7 Å². The van der Waals surface area contributed by atoms with E-state index in [0.717, 1.165) is 0 Å². The molecule has 0 atom stereocenters. The Balaban J connectivity index is 2.30. The molecule has 1 amide bonds. The fourth-order valence-corrected chi connectivity index (χ4v) is 2.00. The molecule has 0 aliphatic carbocycles. The molecule has 0 aromatic carbocycles. The van der Waals surface area contributed by atoms with Gasteiger partial charge in [0.1, 0.15) is 11.5 Å². The lowest BCUT2D eigenvalue weighted by molar-refractivity contribution is 0.0599. The molecule has 2 aromatic rings. The number of anilines is 1. The number of ether oxygens (including phenoxy) is 1. The maximum atomic E-state index is 12.2. The third kappa shape index (κ3) is 2.54. The lowest BCUT2D eigenvalue weighted by Crippen LogP contribution is -2.14. The first kappa shape index (κ1) is 13.8. The summed E-state index contributed by atoms with van der Waals surface area (Å²) >= 11 is 0. The van der Waals surface area contributed by atoms with E-state index in [1.165, 1.54) is 7.11 Å². The van der Waals surface area contributed by atoms with Crippen LogP contribution in [0.2, 0.25) is 0 Å². The van der Waals surface area contributed by atoms with Gasteiger partial charge in [-0.2, -0.15) is 0 Å². The summed E-state index contributed by atoms with van der Waals surface area (Å²) < 4.78 is 4.71. The van der Waals surface area contributed by atoms with Gasteiger partial charge in [0.2, 0.25) is 0 Å². The van der Waals surface area contributed by atoms with Crippen molar-refractivity contribution in [2.45, 2.75) is 13.8 Å². The lowest BCUT2D eigenvalue weighted by Gasteiger charge is -2.03. The van der Waals surface area contributed by atoms with Gasteiger partial charge in [0.15, 0.2) is 0 Å². The van der Waals surface area contributed by atoms with Crippen LogP contribution in [0.3, 0.4) is 0 Å². The smallest absolute Gasteiger partial charge is 0.339 e. The van der Waals surface area contributed by atoms with E-state index in [9.17, 15) is 9.59 Å². The highest BCUT2D eigenvalue weighted by molar-refractivity contribution is 6.06. The van der Waals surface area contributed by atoms with Crippen LogP contribution >= 0.6 is 0 Å². The molecule has 0 unspecified atom stereocenters. The molecule has 0 radical (unpaired) electrons. The Kier molecular flexibility index (Phi) is 3.84. The monoisotopic (exact) mass is 273 g/mol. The molecule has 20 heavy (non-hydrogen) atoms. The Morgan fingerprint density at radius 1 is 1.30 bits per heavy atom. The molecule has 0 bridgehead atoms. The number of aryl methyl sites for hydroxylation is 1. The molecule has 6 heteroatoms. The summed E-state index contributed by atoms with van der Waals surface area (Å²) in [5.74, 6) is -0.364. The maximum Gasteiger partial charge on any atom is 0.339 e. The Hall–Kier alpha value is -2.63. The van der Waals surface area contributed by atoms with E-state index in [-0.39, 0.29) is 5.91 Å². The highest BCUT2D eigenvalue weighted by Crippen LogP contribution is 2.19. The van der Waals surface area contributed by atoms with E-state index in [4.69, 9.17) is 4.74 Å². The molecule has 0 saturated carbocycles. The van der Waals surface area contributed by atoms with Gasteiger partial charge in [0, 0.05) is 11.9 Å². The second-order valence-electron chi connectivity index (χ2n) is 4.29. The summed E-state index contributed by atoms with van der Waals surface area (Å²) in [6.07, 6.45) is 1.59. The number of methoxy groups -OCH3 is 1. The summed E-state index contributed by atoms with van der Waals surface area (Å²) in [5.41, 5.74) is 1.87. The fraction of sp³-hybridized carbons (Fsp3) is 0.214. The van der Waals surface area contributed by atoms with Crippen molar-refractivity contribution in [1.82, 2.24) is 9.97 Å².